The van der Waals surface area contributed by atoms with Crippen molar-refractivity contribution in [3.8, 4) is 11.3 Å². The van der Waals surface area contributed by atoms with Gasteiger partial charge in [0.1, 0.15) is 0 Å². The molecule has 1 amide bonds. The molecule has 0 aliphatic rings. The van der Waals surface area contributed by atoms with E-state index in [0.717, 1.165) is 51.2 Å². The van der Waals surface area contributed by atoms with E-state index < -0.39 is 0 Å². The van der Waals surface area contributed by atoms with E-state index in [1.165, 1.54) is 0 Å². The Balaban J connectivity index is 1.84. The maximum Gasteiger partial charge on any atom is 0.256 e. The summed E-state index contributed by atoms with van der Waals surface area (Å²) in [6.45, 7) is 8.80. The van der Waals surface area contributed by atoms with Crippen LogP contribution >= 0.6 is 0 Å². The molecule has 0 saturated heterocycles. The summed E-state index contributed by atoms with van der Waals surface area (Å²) in [5.74, 6) is -0.136. The molecule has 0 fully saturated rings. The summed E-state index contributed by atoms with van der Waals surface area (Å²) < 4.78 is 1.89. The maximum atomic E-state index is 13.3. The summed E-state index contributed by atoms with van der Waals surface area (Å²) in [7, 11) is 0. The van der Waals surface area contributed by atoms with Crippen molar-refractivity contribution in [1.29, 1.82) is 0 Å². The number of carbonyl (C=O) groups is 1. The second kappa shape index (κ2) is 7.51. The van der Waals surface area contributed by atoms with Gasteiger partial charge in [-0.25, -0.2) is 4.98 Å². The highest BCUT2D eigenvalue weighted by Crippen LogP contribution is 2.28. The molecule has 0 aliphatic carbocycles. The lowest BCUT2D eigenvalue weighted by atomic mass is 10.0. The molecule has 4 rings (SSSR count). The molecule has 0 spiro atoms. The fourth-order valence-corrected chi connectivity index (χ4v) is 3.63. The highest BCUT2D eigenvalue weighted by atomic mass is 16.1. The number of fused-ring (bicyclic) bond motifs is 1. The van der Waals surface area contributed by atoms with Gasteiger partial charge in [0.25, 0.3) is 5.91 Å². The number of aromatic nitrogens is 3. The number of rotatable bonds is 4. The number of carbonyl (C=O) groups excluding carboxylic acids is 1. The van der Waals surface area contributed by atoms with Crippen molar-refractivity contribution in [1.82, 2.24) is 14.8 Å². The van der Waals surface area contributed by atoms with Crippen molar-refractivity contribution in [2.24, 2.45) is 0 Å². The van der Waals surface area contributed by atoms with Gasteiger partial charge in [-0.2, -0.15) is 5.10 Å². The number of hydrogen-bond acceptors (Lipinski definition) is 3. The molecule has 0 bridgehead atoms. The van der Waals surface area contributed by atoms with Crippen LogP contribution in [-0.4, -0.2) is 20.7 Å². The predicted molar refractivity (Wildman–Crippen MR) is 117 cm³/mol. The second-order valence-corrected chi connectivity index (χ2v) is 7.28. The van der Waals surface area contributed by atoms with Gasteiger partial charge in [0.15, 0.2) is 0 Å². The molecule has 5 nitrogen and oxygen atoms in total. The van der Waals surface area contributed by atoms with Crippen molar-refractivity contribution >= 4 is 22.5 Å². The van der Waals surface area contributed by atoms with Crippen LogP contribution in [0.15, 0.2) is 54.7 Å². The normalized spacial score (nSPS) is 11.0. The lowest BCUT2D eigenvalue weighted by molar-refractivity contribution is 0.102. The Kier molecular flexibility index (Phi) is 4.89. The highest BCUT2D eigenvalue weighted by molar-refractivity contribution is 6.13. The smallest absolute Gasteiger partial charge is 0.256 e. The summed E-state index contributed by atoms with van der Waals surface area (Å²) in [5, 5.41) is 8.47. The van der Waals surface area contributed by atoms with E-state index in [0.29, 0.717) is 5.56 Å². The first kappa shape index (κ1) is 18.9. The van der Waals surface area contributed by atoms with Crippen LogP contribution in [0.1, 0.15) is 34.1 Å². The number of hydrogen-bond donors (Lipinski definition) is 1. The van der Waals surface area contributed by atoms with Crippen LogP contribution in [0.25, 0.3) is 22.2 Å². The zero-order valence-electron chi connectivity index (χ0n) is 17.2. The zero-order chi connectivity index (χ0) is 20.5. The second-order valence-electron chi connectivity index (χ2n) is 7.28. The summed E-state index contributed by atoms with van der Waals surface area (Å²) in [6, 6.07) is 15.6. The molecular formula is C24H24N4O. The Morgan fingerprint density at radius 1 is 1.03 bits per heavy atom. The Bertz CT molecular complexity index is 1200. The van der Waals surface area contributed by atoms with Gasteiger partial charge in [0.05, 0.1) is 22.5 Å². The molecule has 0 radical (unpaired) electrons. The first-order valence-corrected chi connectivity index (χ1v) is 9.79. The van der Waals surface area contributed by atoms with Gasteiger partial charge in [-0.3, -0.25) is 9.48 Å². The number of aryl methyl sites for hydroxylation is 4. The number of nitrogens with zero attached hydrogens (tertiary/aromatic N) is 3. The molecule has 0 aliphatic heterocycles. The van der Waals surface area contributed by atoms with Gasteiger partial charge in [-0.05, 0) is 51.0 Å². The van der Waals surface area contributed by atoms with Crippen LogP contribution in [0.3, 0.4) is 0 Å². The van der Waals surface area contributed by atoms with Crippen molar-refractivity contribution in [2.45, 2.75) is 34.2 Å². The Morgan fingerprint density at radius 2 is 1.76 bits per heavy atom. The molecule has 2 heterocycles. The van der Waals surface area contributed by atoms with Gasteiger partial charge in [0.2, 0.25) is 0 Å². The fourth-order valence-electron chi connectivity index (χ4n) is 3.63. The Morgan fingerprint density at radius 3 is 2.45 bits per heavy atom. The molecule has 1 N–H and O–H groups in total. The Labute approximate surface area is 170 Å². The number of benzene rings is 2. The summed E-state index contributed by atoms with van der Waals surface area (Å²) in [5.41, 5.74) is 6.93. The van der Waals surface area contributed by atoms with Gasteiger partial charge in [0, 0.05) is 29.4 Å². The minimum absolute atomic E-state index is 0.136. The van der Waals surface area contributed by atoms with Crippen molar-refractivity contribution in [3.05, 3.63) is 77.1 Å². The number of anilines is 1. The van der Waals surface area contributed by atoms with Gasteiger partial charge in [-0.15, -0.1) is 0 Å². The topological polar surface area (TPSA) is 59.8 Å². The lowest BCUT2D eigenvalue weighted by Gasteiger charge is -2.13. The predicted octanol–water partition coefficient (Wildman–Crippen LogP) is 5.30. The highest BCUT2D eigenvalue weighted by Gasteiger charge is 2.17. The van der Waals surface area contributed by atoms with Crippen LogP contribution in [0.5, 0.6) is 0 Å². The molecule has 0 saturated carbocycles. The van der Waals surface area contributed by atoms with Crippen molar-refractivity contribution in [2.75, 3.05) is 5.32 Å². The quantitative estimate of drug-likeness (QED) is 0.520. The number of nitrogens with one attached hydrogen (secondary N) is 1. The van der Waals surface area contributed by atoms with Crippen LogP contribution in [-0.2, 0) is 6.54 Å². The molecule has 4 aromatic rings. The van der Waals surface area contributed by atoms with Crippen LogP contribution in [0, 0.1) is 20.8 Å². The molecular weight excluding hydrogens is 360 g/mol. The summed E-state index contributed by atoms with van der Waals surface area (Å²) in [6.07, 6.45) is 1.99. The number of para-hydroxylation sites is 2. The molecule has 29 heavy (non-hydrogen) atoms. The van der Waals surface area contributed by atoms with E-state index in [1.54, 1.807) is 0 Å². The van der Waals surface area contributed by atoms with Crippen LogP contribution < -0.4 is 5.32 Å². The summed E-state index contributed by atoms with van der Waals surface area (Å²) in [4.78, 5) is 18.1. The standard InChI is InChI=1S/C24H24N4O/c1-5-28-14-20(17(4)27-28)22-13-19(18-11-6-7-12-21(18)25-22)24(29)26-23-15(2)9-8-10-16(23)3/h6-14H,5H2,1-4H3,(H,26,29). The largest absolute Gasteiger partial charge is 0.321 e. The average molecular weight is 384 g/mol. The summed E-state index contributed by atoms with van der Waals surface area (Å²) >= 11 is 0. The van der Waals surface area contributed by atoms with Crippen molar-refractivity contribution < 1.29 is 4.79 Å². The van der Waals surface area contributed by atoms with Crippen molar-refractivity contribution in [3.63, 3.8) is 0 Å². The molecule has 5 heteroatoms. The SMILES string of the molecule is CCn1cc(-c2cc(C(=O)Nc3c(C)cccc3C)c3ccccc3n2)c(C)n1. The van der Waals surface area contributed by atoms with E-state index in [2.05, 4.69) is 10.4 Å². The van der Waals surface area contributed by atoms with E-state index in [4.69, 9.17) is 4.98 Å². The van der Waals surface area contributed by atoms with E-state index in [1.807, 2.05) is 87.1 Å². The van der Waals surface area contributed by atoms with Gasteiger partial charge in [-0.1, -0.05) is 36.4 Å². The molecule has 0 unspecified atom stereocenters. The first-order chi connectivity index (χ1) is 14.0. The minimum Gasteiger partial charge on any atom is -0.321 e. The lowest BCUT2D eigenvalue weighted by Crippen LogP contribution is -2.15. The average Bonchev–Trinajstić information content (AvgIpc) is 3.10. The van der Waals surface area contributed by atoms with Gasteiger partial charge >= 0.3 is 0 Å². The van der Waals surface area contributed by atoms with E-state index >= 15 is 0 Å². The third-order valence-electron chi connectivity index (χ3n) is 5.23. The molecule has 146 valence electrons. The van der Waals surface area contributed by atoms with Gasteiger partial charge < -0.3 is 5.32 Å². The van der Waals surface area contributed by atoms with Crippen LogP contribution in [0.4, 0.5) is 5.69 Å². The number of pyridine rings is 1. The zero-order valence-corrected chi connectivity index (χ0v) is 17.2. The number of amides is 1. The maximum absolute atomic E-state index is 13.3. The molecule has 2 aromatic carbocycles. The van der Waals surface area contributed by atoms with E-state index in [9.17, 15) is 4.79 Å². The third-order valence-corrected chi connectivity index (χ3v) is 5.23. The minimum atomic E-state index is -0.136. The molecule has 0 atom stereocenters. The fraction of sp³-hybridized carbons (Fsp3) is 0.208. The Hall–Kier alpha value is -3.47. The molecule has 2 aromatic heterocycles. The first-order valence-electron chi connectivity index (χ1n) is 9.79. The van der Waals surface area contributed by atoms with E-state index in [-0.39, 0.29) is 5.91 Å². The monoisotopic (exact) mass is 384 g/mol. The third kappa shape index (κ3) is 3.51. The van der Waals surface area contributed by atoms with Crippen LogP contribution in [0.2, 0.25) is 0 Å².